The Morgan fingerprint density at radius 2 is 2.19 bits per heavy atom. The van der Waals surface area contributed by atoms with Crippen molar-refractivity contribution in [1.29, 1.82) is 0 Å². The Bertz CT molecular complexity index is 617. The van der Waals surface area contributed by atoms with Gasteiger partial charge in [0.1, 0.15) is 5.69 Å². The third kappa shape index (κ3) is 2.26. The van der Waals surface area contributed by atoms with Crippen LogP contribution in [-0.2, 0) is 11.8 Å². The number of amides is 2. The molecule has 0 bridgehead atoms. The average molecular weight is 287 g/mol. The van der Waals surface area contributed by atoms with Crippen LogP contribution in [0.1, 0.15) is 36.2 Å². The van der Waals surface area contributed by atoms with Crippen LogP contribution in [0.4, 0.5) is 0 Å². The zero-order valence-electron chi connectivity index (χ0n) is 12.6. The first-order chi connectivity index (χ1) is 10.0. The second-order valence-electron chi connectivity index (χ2n) is 6.05. The molecule has 5 heteroatoms. The minimum atomic E-state index is -0.0660. The number of carbonyl (C=O) groups excluding carboxylic acids is 2. The zero-order valence-corrected chi connectivity index (χ0v) is 12.6. The first-order valence-electron chi connectivity index (χ1n) is 7.40. The first kappa shape index (κ1) is 13.9. The van der Waals surface area contributed by atoms with Gasteiger partial charge in [-0.25, -0.2) is 0 Å². The molecule has 1 atom stereocenters. The van der Waals surface area contributed by atoms with Crippen molar-refractivity contribution in [1.82, 2.24) is 14.8 Å². The third-order valence-electron chi connectivity index (χ3n) is 4.82. The van der Waals surface area contributed by atoms with E-state index in [-0.39, 0.29) is 17.2 Å². The highest BCUT2D eigenvalue weighted by Gasteiger charge is 2.44. The summed E-state index contributed by atoms with van der Waals surface area (Å²) in [6, 6.07) is 3.68. The number of aromatic nitrogens is 1. The van der Waals surface area contributed by atoms with E-state index in [4.69, 9.17) is 0 Å². The van der Waals surface area contributed by atoms with Gasteiger partial charge in [-0.3, -0.25) is 9.59 Å². The van der Waals surface area contributed by atoms with Gasteiger partial charge >= 0.3 is 0 Å². The molecule has 0 aromatic carbocycles. The van der Waals surface area contributed by atoms with Gasteiger partial charge in [-0.05, 0) is 31.4 Å². The first-order valence-corrected chi connectivity index (χ1v) is 7.40. The van der Waals surface area contributed by atoms with Gasteiger partial charge in [0, 0.05) is 44.4 Å². The molecule has 5 nitrogen and oxygen atoms in total. The van der Waals surface area contributed by atoms with Crippen molar-refractivity contribution < 1.29 is 9.59 Å². The maximum atomic E-state index is 12.3. The fraction of sp³-hybridized carbons (Fsp3) is 0.500. The van der Waals surface area contributed by atoms with Crippen LogP contribution in [0.3, 0.4) is 0 Å². The number of carbonyl (C=O) groups is 2. The molecule has 1 unspecified atom stereocenters. The van der Waals surface area contributed by atoms with Gasteiger partial charge < -0.3 is 14.8 Å². The van der Waals surface area contributed by atoms with Crippen molar-refractivity contribution in [2.45, 2.75) is 25.7 Å². The smallest absolute Gasteiger partial charge is 0.267 e. The number of allylic oxidation sites excluding steroid dienone is 1. The van der Waals surface area contributed by atoms with Crippen LogP contribution in [0.15, 0.2) is 30.1 Å². The lowest BCUT2D eigenvalue weighted by molar-refractivity contribution is -0.131. The quantitative estimate of drug-likeness (QED) is 0.919. The van der Waals surface area contributed by atoms with Crippen LogP contribution in [0.2, 0.25) is 0 Å². The van der Waals surface area contributed by atoms with E-state index in [0.717, 1.165) is 25.0 Å². The van der Waals surface area contributed by atoms with Crippen LogP contribution in [0.5, 0.6) is 0 Å². The molecule has 2 heterocycles. The summed E-state index contributed by atoms with van der Waals surface area (Å²) in [5.74, 6) is 0.121. The minimum Gasteiger partial charge on any atom is -0.350 e. The highest BCUT2D eigenvalue weighted by molar-refractivity contribution is 5.92. The molecule has 3 rings (SSSR count). The molecular formula is C16H21N3O2. The third-order valence-corrected chi connectivity index (χ3v) is 4.82. The number of likely N-dealkylation sites (tertiary alicyclic amines) is 1. The van der Waals surface area contributed by atoms with E-state index in [0.29, 0.717) is 18.7 Å². The van der Waals surface area contributed by atoms with Crippen LogP contribution in [0, 0.1) is 5.41 Å². The molecule has 1 aromatic rings. The summed E-state index contributed by atoms with van der Waals surface area (Å²) >= 11 is 0. The molecule has 21 heavy (non-hydrogen) atoms. The molecule has 0 radical (unpaired) electrons. The standard InChI is InChI=1S/C16H21N3O2/c1-18-10-4-5-12(18)15(21)17-11-16-8-3-6-13(16)19(2)14(20)7-9-16/h4-6,10H,3,7-9,11H2,1-2H3,(H,17,21). The van der Waals surface area contributed by atoms with Crippen molar-refractivity contribution >= 4 is 11.8 Å². The number of fused-ring (bicyclic) bond motifs is 1. The van der Waals surface area contributed by atoms with Gasteiger partial charge in [-0.15, -0.1) is 0 Å². The van der Waals surface area contributed by atoms with E-state index < -0.39 is 0 Å². The van der Waals surface area contributed by atoms with Crippen molar-refractivity contribution in [3.05, 3.63) is 35.8 Å². The van der Waals surface area contributed by atoms with E-state index in [9.17, 15) is 9.59 Å². The summed E-state index contributed by atoms with van der Waals surface area (Å²) in [5.41, 5.74) is 1.69. The summed E-state index contributed by atoms with van der Waals surface area (Å²) in [6.45, 7) is 0.598. The Labute approximate surface area is 124 Å². The molecule has 1 N–H and O–H groups in total. The molecule has 1 aliphatic carbocycles. The molecule has 2 aliphatic rings. The summed E-state index contributed by atoms with van der Waals surface area (Å²) in [6.07, 6.45) is 7.39. The molecule has 1 fully saturated rings. The highest BCUT2D eigenvalue weighted by Crippen LogP contribution is 2.46. The second-order valence-corrected chi connectivity index (χ2v) is 6.05. The largest absolute Gasteiger partial charge is 0.350 e. The van der Waals surface area contributed by atoms with Gasteiger partial charge in [0.2, 0.25) is 5.91 Å². The summed E-state index contributed by atoms with van der Waals surface area (Å²) < 4.78 is 1.81. The Kier molecular flexibility index (Phi) is 3.35. The van der Waals surface area contributed by atoms with Crippen LogP contribution >= 0.6 is 0 Å². The molecule has 1 aromatic heterocycles. The summed E-state index contributed by atoms with van der Waals surface area (Å²) in [7, 11) is 3.70. The fourth-order valence-electron chi connectivity index (χ4n) is 3.53. The van der Waals surface area contributed by atoms with Crippen molar-refractivity contribution in [2.75, 3.05) is 13.6 Å². The van der Waals surface area contributed by atoms with Gasteiger partial charge in [0.15, 0.2) is 0 Å². The molecular weight excluding hydrogens is 266 g/mol. The van der Waals surface area contributed by atoms with E-state index in [1.165, 1.54) is 0 Å². The molecule has 0 spiro atoms. The lowest BCUT2D eigenvalue weighted by Crippen LogP contribution is -2.46. The lowest BCUT2D eigenvalue weighted by atomic mass is 9.77. The van der Waals surface area contributed by atoms with E-state index in [1.54, 1.807) is 4.90 Å². The number of hydrogen-bond acceptors (Lipinski definition) is 2. The van der Waals surface area contributed by atoms with Crippen LogP contribution in [-0.4, -0.2) is 34.9 Å². The highest BCUT2D eigenvalue weighted by atomic mass is 16.2. The van der Waals surface area contributed by atoms with Gasteiger partial charge in [-0.2, -0.15) is 0 Å². The monoisotopic (exact) mass is 287 g/mol. The van der Waals surface area contributed by atoms with Crippen LogP contribution < -0.4 is 5.32 Å². The Morgan fingerprint density at radius 1 is 1.38 bits per heavy atom. The molecule has 1 saturated heterocycles. The molecule has 2 amide bonds. The maximum Gasteiger partial charge on any atom is 0.267 e. The SMILES string of the molecule is CN1C(=O)CCC2(CNC(=O)c3cccn3C)CCC=C12. The predicted octanol–water partition coefficient (Wildman–Crippen LogP) is 1.67. The minimum absolute atomic E-state index is 0.0531. The molecule has 1 aliphatic heterocycles. The number of piperidine rings is 1. The lowest BCUT2D eigenvalue weighted by Gasteiger charge is -2.41. The Hall–Kier alpha value is -2.04. The van der Waals surface area contributed by atoms with E-state index in [1.807, 2.05) is 37.0 Å². The number of aryl methyl sites for hydroxylation is 1. The normalized spacial score (nSPS) is 24.8. The second kappa shape index (κ2) is 5.06. The maximum absolute atomic E-state index is 12.3. The van der Waals surface area contributed by atoms with Crippen molar-refractivity contribution in [2.24, 2.45) is 12.5 Å². The Morgan fingerprint density at radius 3 is 2.90 bits per heavy atom. The molecule has 0 saturated carbocycles. The van der Waals surface area contributed by atoms with Crippen LogP contribution in [0.25, 0.3) is 0 Å². The number of nitrogens with zero attached hydrogens (tertiary/aromatic N) is 2. The topological polar surface area (TPSA) is 54.3 Å². The van der Waals surface area contributed by atoms with Gasteiger partial charge in [0.25, 0.3) is 5.91 Å². The van der Waals surface area contributed by atoms with Crippen molar-refractivity contribution in [3.63, 3.8) is 0 Å². The van der Waals surface area contributed by atoms with E-state index >= 15 is 0 Å². The number of rotatable bonds is 3. The summed E-state index contributed by atoms with van der Waals surface area (Å²) in [4.78, 5) is 25.9. The fourth-order valence-corrected chi connectivity index (χ4v) is 3.53. The summed E-state index contributed by atoms with van der Waals surface area (Å²) in [5, 5.41) is 3.05. The van der Waals surface area contributed by atoms with Gasteiger partial charge in [0.05, 0.1) is 0 Å². The zero-order chi connectivity index (χ0) is 15.0. The van der Waals surface area contributed by atoms with Gasteiger partial charge in [-0.1, -0.05) is 6.08 Å². The number of nitrogens with one attached hydrogen (secondary N) is 1. The number of hydrogen-bond donors (Lipinski definition) is 1. The van der Waals surface area contributed by atoms with E-state index in [2.05, 4.69) is 11.4 Å². The Balaban J connectivity index is 1.73. The molecule has 112 valence electrons. The predicted molar refractivity (Wildman–Crippen MR) is 79.5 cm³/mol. The average Bonchev–Trinajstić information content (AvgIpc) is 3.08. The van der Waals surface area contributed by atoms with Crippen molar-refractivity contribution in [3.8, 4) is 0 Å².